The lowest BCUT2D eigenvalue weighted by molar-refractivity contribution is -0.116. The molecule has 0 radical (unpaired) electrons. The number of fused-ring (bicyclic) bond motifs is 1. The number of aliphatic hydroxyl groups excluding tert-OH is 1. The molecule has 2 heterocycles. The summed E-state index contributed by atoms with van der Waals surface area (Å²) < 4.78 is 0. The maximum absolute atomic E-state index is 11.3. The van der Waals surface area contributed by atoms with Gasteiger partial charge < -0.3 is 10.4 Å². The fourth-order valence-electron chi connectivity index (χ4n) is 2.29. The third-order valence-corrected chi connectivity index (χ3v) is 3.15. The number of nitrogens with one attached hydrogen (secondary N) is 1. The number of aliphatic hydroxyl groups is 1. The number of rotatable bonds is 2. The summed E-state index contributed by atoms with van der Waals surface area (Å²) in [4.78, 5) is 15.6. The number of amides is 1. The molecular weight excluding hydrogens is 204 g/mol. The summed E-state index contributed by atoms with van der Waals surface area (Å²) in [6.45, 7) is 4.01. The highest BCUT2D eigenvalue weighted by atomic mass is 16.3. The van der Waals surface area contributed by atoms with Crippen molar-refractivity contribution in [1.82, 2.24) is 4.98 Å². The van der Waals surface area contributed by atoms with Gasteiger partial charge in [-0.3, -0.25) is 4.79 Å². The van der Waals surface area contributed by atoms with E-state index in [1.165, 1.54) is 0 Å². The zero-order chi connectivity index (χ0) is 11.7. The van der Waals surface area contributed by atoms with E-state index in [4.69, 9.17) is 0 Å². The lowest BCUT2D eigenvalue weighted by atomic mass is 9.95. The molecule has 2 N–H and O–H groups in total. The zero-order valence-electron chi connectivity index (χ0n) is 9.63. The van der Waals surface area contributed by atoms with Crippen molar-refractivity contribution in [3.63, 3.8) is 0 Å². The number of hydrogen-bond donors (Lipinski definition) is 2. The molecule has 1 aliphatic heterocycles. The molecule has 1 amide bonds. The summed E-state index contributed by atoms with van der Waals surface area (Å²) in [6, 6.07) is 0. The number of anilines is 1. The van der Waals surface area contributed by atoms with E-state index in [1.54, 1.807) is 0 Å². The van der Waals surface area contributed by atoms with Gasteiger partial charge in [0.05, 0.1) is 12.3 Å². The Morgan fingerprint density at radius 1 is 1.44 bits per heavy atom. The van der Waals surface area contributed by atoms with E-state index in [0.29, 0.717) is 17.9 Å². The van der Waals surface area contributed by atoms with E-state index in [0.717, 1.165) is 29.5 Å². The molecule has 4 heteroatoms. The fourth-order valence-corrected chi connectivity index (χ4v) is 2.29. The summed E-state index contributed by atoms with van der Waals surface area (Å²) in [6.07, 6.45) is 2.13. The summed E-state index contributed by atoms with van der Waals surface area (Å²) in [5.41, 5.74) is 4.07. The molecule has 0 aliphatic carbocycles. The van der Waals surface area contributed by atoms with E-state index in [9.17, 15) is 9.90 Å². The number of pyridine rings is 1. The standard InChI is InChI=1S/C12H16N2O2/c1-3-8-7(2)9-4-5-11(16)14-12(9)13-10(8)6-15/h15H,3-6H2,1-2H3,(H,13,14,16). The predicted octanol–water partition coefficient (Wildman–Crippen LogP) is 1.33. The van der Waals surface area contributed by atoms with Crippen LogP contribution in [0.4, 0.5) is 5.82 Å². The topological polar surface area (TPSA) is 62.2 Å². The molecule has 1 aliphatic rings. The number of nitrogens with zero attached hydrogens (tertiary/aromatic N) is 1. The molecule has 4 nitrogen and oxygen atoms in total. The van der Waals surface area contributed by atoms with Crippen LogP contribution in [0.25, 0.3) is 0 Å². The van der Waals surface area contributed by atoms with Gasteiger partial charge in [0.25, 0.3) is 0 Å². The van der Waals surface area contributed by atoms with Crippen molar-refractivity contribution in [3.8, 4) is 0 Å². The van der Waals surface area contributed by atoms with E-state index >= 15 is 0 Å². The van der Waals surface area contributed by atoms with Gasteiger partial charge in [0, 0.05) is 6.42 Å². The van der Waals surface area contributed by atoms with Gasteiger partial charge in [-0.2, -0.15) is 0 Å². The van der Waals surface area contributed by atoms with Crippen LogP contribution in [0.5, 0.6) is 0 Å². The second kappa shape index (κ2) is 4.22. The second-order valence-corrected chi connectivity index (χ2v) is 4.05. The van der Waals surface area contributed by atoms with Crippen LogP contribution < -0.4 is 5.32 Å². The third-order valence-electron chi connectivity index (χ3n) is 3.15. The Bertz CT molecular complexity index is 441. The van der Waals surface area contributed by atoms with Gasteiger partial charge in [0.15, 0.2) is 0 Å². The van der Waals surface area contributed by atoms with Crippen LogP contribution in [-0.4, -0.2) is 16.0 Å². The minimum atomic E-state index is -0.0762. The molecule has 0 fully saturated rings. The van der Waals surface area contributed by atoms with E-state index in [2.05, 4.69) is 17.2 Å². The molecule has 2 rings (SSSR count). The van der Waals surface area contributed by atoms with Crippen LogP contribution in [0.2, 0.25) is 0 Å². The van der Waals surface area contributed by atoms with Crippen molar-refractivity contribution >= 4 is 11.7 Å². The largest absolute Gasteiger partial charge is 0.390 e. The summed E-state index contributed by atoms with van der Waals surface area (Å²) in [5.74, 6) is 0.641. The highest BCUT2D eigenvalue weighted by molar-refractivity contribution is 5.93. The molecule has 1 aromatic heterocycles. The Morgan fingerprint density at radius 3 is 2.81 bits per heavy atom. The summed E-state index contributed by atoms with van der Waals surface area (Å²) in [7, 11) is 0. The first-order chi connectivity index (χ1) is 7.67. The molecule has 0 spiro atoms. The quantitative estimate of drug-likeness (QED) is 0.790. The summed E-state index contributed by atoms with van der Waals surface area (Å²) in [5, 5.41) is 12.0. The average Bonchev–Trinajstić information content (AvgIpc) is 2.28. The van der Waals surface area contributed by atoms with Crippen molar-refractivity contribution in [2.45, 2.75) is 39.7 Å². The zero-order valence-corrected chi connectivity index (χ0v) is 9.63. The SMILES string of the molecule is CCc1c(CO)nc2c(c1C)CCC(=O)N2. The minimum absolute atomic E-state index is 0.00698. The van der Waals surface area contributed by atoms with E-state index in [1.807, 2.05) is 6.92 Å². The highest BCUT2D eigenvalue weighted by Gasteiger charge is 2.21. The smallest absolute Gasteiger partial charge is 0.225 e. The van der Waals surface area contributed by atoms with Gasteiger partial charge >= 0.3 is 0 Å². The third kappa shape index (κ3) is 1.69. The van der Waals surface area contributed by atoms with Gasteiger partial charge in [0.2, 0.25) is 5.91 Å². The molecule has 0 saturated carbocycles. The van der Waals surface area contributed by atoms with Crippen molar-refractivity contribution < 1.29 is 9.90 Å². The van der Waals surface area contributed by atoms with Crippen molar-refractivity contribution in [3.05, 3.63) is 22.4 Å². The molecule has 0 saturated heterocycles. The predicted molar refractivity (Wildman–Crippen MR) is 61.2 cm³/mol. The first-order valence-electron chi connectivity index (χ1n) is 5.59. The Hall–Kier alpha value is -1.42. The number of carbonyl (C=O) groups is 1. The lowest BCUT2D eigenvalue weighted by Crippen LogP contribution is -2.22. The Morgan fingerprint density at radius 2 is 2.19 bits per heavy atom. The van der Waals surface area contributed by atoms with Gasteiger partial charge in [-0.05, 0) is 36.5 Å². The normalized spacial score (nSPS) is 14.6. The van der Waals surface area contributed by atoms with Gasteiger partial charge in [-0.1, -0.05) is 6.92 Å². The van der Waals surface area contributed by atoms with Crippen LogP contribution in [0.15, 0.2) is 0 Å². The lowest BCUT2D eigenvalue weighted by Gasteiger charge is -2.21. The van der Waals surface area contributed by atoms with Crippen LogP contribution in [-0.2, 0) is 24.2 Å². The van der Waals surface area contributed by atoms with Gasteiger partial charge in [0.1, 0.15) is 5.82 Å². The maximum atomic E-state index is 11.3. The monoisotopic (exact) mass is 220 g/mol. The van der Waals surface area contributed by atoms with Crippen LogP contribution >= 0.6 is 0 Å². The van der Waals surface area contributed by atoms with Crippen LogP contribution in [0, 0.1) is 6.92 Å². The molecule has 0 atom stereocenters. The van der Waals surface area contributed by atoms with Crippen LogP contribution in [0.1, 0.15) is 35.7 Å². The van der Waals surface area contributed by atoms with Crippen molar-refractivity contribution in [1.29, 1.82) is 0 Å². The molecule has 1 aromatic rings. The number of hydrogen-bond acceptors (Lipinski definition) is 3. The second-order valence-electron chi connectivity index (χ2n) is 4.05. The van der Waals surface area contributed by atoms with Gasteiger partial charge in [-0.25, -0.2) is 4.98 Å². The molecule has 16 heavy (non-hydrogen) atoms. The Labute approximate surface area is 94.7 Å². The van der Waals surface area contributed by atoms with Crippen LogP contribution in [0.3, 0.4) is 0 Å². The fraction of sp³-hybridized carbons (Fsp3) is 0.500. The summed E-state index contributed by atoms with van der Waals surface area (Å²) >= 11 is 0. The van der Waals surface area contributed by atoms with Crippen molar-refractivity contribution in [2.75, 3.05) is 5.32 Å². The van der Waals surface area contributed by atoms with Crippen molar-refractivity contribution in [2.24, 2.45) is 0 Å². The first kappa shape index (κ1) is 11.1. The average molecular weight is 220 g/mol. The first-order valence-corrected chi connectivity index (χ1v) is 5.59. The minimum Gasteiger partial charge on any atom is -0.390 e. The van der Waals surface area contributed by atoms with E-state index in [-0.39, 0.29) is 12.5 Å². The van der Waals surface area contributed by atoms with Gasteiger partial charge in [-0.15, -0.1) is 0 Å². The molecule has 0 bridgehead atoms. The Balaban J connectivity index is 2.57. The molecule has 86 valence electrons. The Kier molecular flexibility index (Phi) is 2.92. The molecular formula is C12H16N2O2. The number of carbonyl (C=O) groups excluding carboxylic acids is 1. The molecule has 0 unspecified atom stereocenters. The van der Waals surface area contributed by atoms with E-state index < -0.39 is 0 Å². The maximum Gasteiger partial charge on any atom is 0.225 e. The highest BCUT2D eigenvalue weighted by Crippen LogP contribution is 2.28. The molecule has 0 aromatic carbocycles. The number of aromatic nitrogens is 1.